The molecule has 98 valence electrons. The van der Waals surface area contributed by atoms with Gasteiger partial charge in [-0.3, -0.25) is 9.69 Å². The molecule has 5 nitrogen and oxygen atoms in total. The molecule has 0 aromatic rings. The lowest BCUT2D eigenvalue weighted by Crippen LogP contribution is -2.40. The molecule has 0 spiro atoms. The Kier molecular flexibility index (Phi) is 6.15. The van der Waals surface area contributed by atoms with Crippen LogP contribution in [0, 0.1) is 0 Å². The molecule has 1 aliphatic rings. The molecule has 0 N–H and O–H groups in total. The summed E-state index contributed by atoms with van der Waals surface area (Å²) in [6.07, 6.45) is 3.98. The quantitative estimate of drug-likeness (QED) is 0.484. The zero-order valence-electron chi connectivity index (χ0n) is 10.6. The third-order valence-electron chi connectivity index (χ3n) is 3.23. The van der Waals surface area contributed by atoms with Gasteiger partial charge < -0.3 is 14.3 Å². The maximum Gasteiger partial charge on any atom is 0.305 e. The van der Waals surface area contributed by atoms with E-state index < -0.39 is 0 Å². The summed E-state index contributed by atoms with van der Waals surface area (Å²) in [4.78, 5) is 24.1. The molecule has 1 rings (SSSR count). The first-order valence-electron chi connectivity index (χ1n) is 5.99. The Hall–Kier alpha value is -0.940. The zero-order valence-corrected chi connectivity index (χ0v) is 10.6. The second kappa shape index (κ2) is 7.40. The maximum absolute atomic E-state index is 11.0. The minimum absolute atomic E-state index is 0.0206. The van der Waals surface area contributed by atoms with E-state index in [0.29, 0.717) is 19.1 Å². The number of hydrogen-bond acceptors (Lipinski definition) is 5. The molecule has 0 aromatic heterocycles. The fraction of sp³-hybridized carbons (Fsp3) is 0.833. The number of esters is 1. The van der Waals surface area contributed by atoms with Crippen molar-refractivity contribution in [3.8, 4) is 0 Å². The third kappa shape index (κ3) is 4.09. The average Bonchev–Trinajstić information content (AvgIpc) is 2.72. The second-order valence-electron chi connectivity index (χ2n) is 4.31. The van der Waals surface area contributed by atoms with Crippen LogP contribution in [0.25, 0.3) is 0 Å². The Bertz CT molecular complexity index is 257. The van der Waals surface area contributed by atoms with E-state index in [2.05, 4.69) is 9.64 Å². The highest BCUT2D eigenvalue weighted by atomic mass is 16.5. The lowest BCUT2D eigenvalue weighted by atomic mass is 10.2. The van der Waals surface area contributed by atoms with Gasteiger partial charge in [-0.1, -0.05) is 0 Å². The molecule has 0 radical (unpaired) electrons. The van der Waals surface area contributed by atoms with Gasteiger partial charge in [-0.15, -0.1) is 0 Å². The van der Waals surface area contributed by atoms with Crippen LogP contribution in [0.4, 0.5) is 0 Å². The average molecular weight is 243 g/mol. The number of hydrogen-bond donors (Lipinski definition) is 0. The summed E-state index contributed by atoms with van der Waals surface area (Å²) in [5, 5.41) is 0. The monoisotopic (exact) mass is 243 g/mol. The van der Waals surface area contributed by atoms with Gasteiger partial charge in [0, 0.05) is 19.6 Å². The van der Waals surface area contributed by atoms with Gasteiger partial charge in [0.25, 0.3) is 0 Å². The number of ether oxygens (including phenoxy) is 2. The van der Waals surface area contributed by atoms with E-state index in [9.17, 15) is 9.59 Å². The van der Waals surface area contributed by atoms with Crippen LogP contribution in [0.15, 0.2) is 0 Å². The first kappa shape index (κ1) is 14.1. The van der Waals surface area contributed by atoms with Crippen molar-refractivity contribution in [2.75, 3.05) is 27.4 Å². The standard InChI is InChI=1S/C12H21NO4/c1-16-9-11-6-5-10(8-14)13(11)7-3-4-12(15)17-2/h8,10-11H,3-7,9H2,1-2H3. The molecule has 1 fully saturated rings. The molecular formula is C12H21NO4. The minimum atomic E-state index is -0.199. The highest BCUT2D eigenvalue weighted by molar-refractivity contribution is 5.69. The van der Waals surface area contributed by atoms with Crippen LogP contribution >= 0.6 is 0 Å². The van der Waals surface area contributed by atoms with E-state index >= 15 is 0 Å². The van der Waals surface area contributed by atoms with E-state index in [1.165, 1.54) is 7.11 Å². The topological polar surface area (TPSA) is 55.8 Å². The SMILES string of the molecule is COCC1CCC(C=O)N1CCCC(=O)OC. The zero-order chi connectivity index (χ0) is 12.7. The number of likely N-dealkylation sites (tertiary alicyclic amines) is 1. The number of carbonyl (C=O) groups excluding carboxylic acids is 2. The molecule has 1 saturated heterocycles. The normalized spacial score (nSPS) is 24.8. The van der Waals surface area contributed by atoms with Crippen molar-refractivity contribution < 1.29 is 19.1 Å². The first-order valence-corrected chi connectivity index (χ1v) is 5.99. The predicted molar refractivity (Wildman–Crippen MR) is 62.7 cm³/mol. The summed E-state index contributed by atoms with van der Waals surface area (Å²) >= 11 is 0. The molecule has 1 aliphatic heterocycles. The van der Waals surface area contributed by atoms with Crippen molar-refractivity contribution in [3.63, 3.8) is 0 Å². The summed E-state index contributed by atoms with van der Waals surface area (Å²) < 4.78 is 9.74. The summed E-state index contributed by atoms with van der Waals surface area (Å²) in [5.41, 5.74) is 0. The van der Waals surface area contributed by atoms with Crippen LogP contribution < -0.4 is 0 Å². The van der Waals surface area contributed by atoms with E-state index in [1.54, 1.807) is 7.11 Å². The summed E-state index contributed by atoms with van der Waals surface area (Å²) in [6.45, 7) is 1.38. The van der Waals surface area contributed by atoms with Crippen LogP contribution in [0.1, 0.15) is 25.7 Å². The van der Waals surface area contributed by atoms with Gasteiger partial charge in [0.2, 0.25) is 0 Å². The number of aldehydes is 1. The number of carbonyl (C=O) groups is 2. The van der Waals surface area contributed by atoms with Gasteiger partial charge >= 0.3 is 5.97 Å². The molecule has 0 aliphatic carbocycles. The maximum atomic E-state index is 11.0. The van der Waals surface area contributed by atoms with Gasteiger partial charge in [0.05, 0.1) is 19.8 Å². The van der Waals surface area contributed by atoms with Gasteiger partial charge in [0.15, 0.2) is 0 Å². The Morgan fingerprint density at radius 1 is 1.41 bits per heavy atom. The Balaban J connectivity index is 2.39. The van der Waals surface area contributed by atoms with Crippen LogP contribution in [0.3, 0.4) is 0 Å². The summed E-state index contributed by atoms with van der Waals surface area (Å²) in [6, 6.07) is 0.278. The van der Waals surface area contributed by atoms with E-state index in [0.717, 1.165) is 32.1 Å². The number of methoxy groups -OCH3 is 2. The molecule has 17 heavy (non-hydrogen) atoms. The van der Waals surface area contributed by atoms with Gasteiger partial charge in [-0.05, 0) is 25.8 Å². The fourth-order valence-electron chi connectivity index (χ4n) is 2.34. The Morgan fingerprint density at radius 2 is 2.18 bits per heavy atom. The van der Waals surface area contributed by atoms with Crippen LogP contribution in [0.5, 0.6) is 0 Å². The lowest BCUT2D eigenvalue weighted by molar-refractivity contribution is -0.140. The highest BCUT2D eigenvalue weighted by Crippen LogP contribution is 2.23. The van der Waals surface area contributed by atoms with Crippen molar-refractivity contribution in [2.45, 2.75) is 37.8 Å². The van der Waals surface area contributed by atoms with Crippen molar-refractivity contribution >= 4 is 12.3 Å². The molecule has 0 aromatic carbocycles. The predicted octanol–water partition coefficient (Wildman–Crippen LogP) is 0.618. The molecule has 1 heterocycles. The fourth-order valence-corrected chi connectivity index (χ4v) is 2.34. The van der Waals surface area contributed by atoms with Crippen molar-refractivity contribution in [2.24, 2.45) is 0 Å². The number of rotatable bonds is 7. The molecule has 0 bridgehead atoms. The second-order valence-corrected chi connectivity index (χ2v) is 4.31. The highest BCUT2D eigenvalue weighted by Gasteiger charge is 2.32. The van der Waals surface area contributed by atoms with Gasteiger partial charge in [-0.25, -0.2) is 0 Å². The lowest BCUT2D eigenvalue weighted by Gasteiger charge is -2.26. The van der Waals surface area contributed by atoms with E-state index in [-0.39, 0.29) is 12.0 Å². The smallest absolute Gasteiger partial charge is 0.305 e. The molecule has 5 heteroatoms. The largest absolute Gasteiger partial charge is 0.469 e. The third-order valence-corrected chi connectivity index (χ3v) is 3.23. The van der Waals surface area contributed by atoms with Crippen LogP contribution in [-0.2, 0) is 19.1 Å². The molecule has 2 atom stereocenters. The van der Waals surface area contributed by atoms with Crippen LogP contribution in [0.2, 0.25) is 0 Å². The Labute approximate surface area is 102 Å². The molecule has 2 unspecified atom stereocenters. The van der Waals surface area contributed by atoms with Gasteiger partial charge in [0.1, 0.15) is 6.29 Å². The molecular weight excluding hydrogens is 222 g/mol. The van der Waals surface area contributed by atoms with E-state index in [1.807, 2.05) is 0 Å². The van der Waals surface area contributed by atoms with E-state index in [4.69, 9.17) is 4.74 Å². The van der Waals surface area contributed by atoms with Crippen LogP contribution in [-0.4, -0.2) is 56.6 Å². The van der Waals surface area contributed by atoms with Gasteiger partial charge in [-0.2, -0.15) is 0 Å². The van der Waals surface area contributed by atoms with Crippen molar-refractivity contribution in [3.05, 3.63) is 0 Å². The minimum Gasteiger partial charge on any atom is -0.469 e. The molecule has 0 saturated carbocycles. The summed E-state index contributed by atoms with van der Waals surface area (Å²) in [5.74, 6) is -0.199. The number of nitrogens with zero attached hydrogens (tertiary/aromatic N) is 1. The first-order chi connectivity index (χ1) is 8.22. The van der Waals surface area contributed by atoms with Crippen molar-refractivity contribution in [1.82, 2.24) is 4.90 Å². The van der Waals surface area contributed by atoms with Crippen molar-refractivity contribution in [1.29, 1.82) is 0 Å². The Morgan fingerprint density at radius 3 is 2.76 bits per heavy atom. The molecule has 0 amide bonds. The summed E-state index contributed by atoms with van der Waals surface area (Å²) in [7, 11) is 3.06.